The minimum atomic E-state index is -0.282. The fraction of sp³-hybridized carbons (Fsp3) is 0.203. The third-order valence-electron chi connectivity index (χ3n) is 13.7. The van der Waals surface area contributed by atoms with Gasteiger partial charge in [0.2, 0.25) is 0 Å². The SMILES string of the molecule is COc1ccc2c(c1)C(C)(C)C(/C=C/C1=C(N(c3ccccc3)c3ccccc3)C(=C/C=C3/N(CCc4c5ccccc5cc5ccccc45)c4ccc(OC)cc4C3(C)C)/CC1)=N2. The van der Waals surface area contributed by atoms with Crippen molar-refractivity contribution in [2.24, 2.45) is 4.99 Å². The van der Waals surface area contributed by atoms with Gasteiger partial charge >= 0.3 is 0 Å². The van der Waals surface area contributed by atoms with Gasteiger partial charge in [-0.15, -0.1) is 0 Å². The summed E-state index contributed by atoms with van der Waals surface area (Å²) in [4.78, 5) is 10.2. The second-order valence-electron chi connectivity index (χ2n) is 18.2. The quantitative estimate of drug-likeness (QED) is 0.122. The minimum absolute atomic E-state index is 0.269. The van der Waals surface area contributed by atoms with E-state index in [-0.39, 0.29) is 10.8 Å². The molecule has 0 aromatic heterocycles. The molecule has 318 valence electrons. The predicted molar refractivity (Wildman–Crippen MR) is 268 cm³/mol. The number of allylic oxidation sites excluding steroid dienone is 7. The van der Waals surface area contributed by atoms with Crippen molar-refractivity contribution < 1.29 is 9.47 Å². The highest BCUT2D eigenvalue weighted by atomic mass is 16.5. The Hall–Kier alpha value is -7.11. The summed E-state index contributed by atoms with van der Waals surface area (Å²) in [6, 6.07) is 54.4. The number of para-hydroxylation sites is 2. The van der Waals surface area contributed by atoms with Gasteiger partial charge in [-0.1, -0.05) is 125 Å². The Labute approximate surface area is 378 Å². The number of hydrogen-bond donors (Lipinski definition) is 0. The maximum Gasteiger partial charge on any atom is 0.119 e. The van der Waals surface area contributed by atoms with E-state index in [1.807, 2.05) is 6.07 Å². The van der Waals surface area contributed by atoms with Crippen LogP contribution in [-0.2, 0) is 17.3 Å². The molecule has 0 saturated carbocycles. The van der Waals surface area contributed by atoms with Gasteiger partial charge in [0.1, 0.15) is 11.5 Å². The number of ether oxygens (including phenoxy) is 2. The molecule has 5 nitrogen and oxygen atoms in total. The van der Waals surface area contributed by atoms with Crippen LogP contribution in [-0.4, -0.2) is 26.5 Å². The topological polar surface area (TPSA) is 37.3 Å². The fourth-order valence-electron chi connectivity index (χ4n) is 10.3. The molecule has 10 rings (SSSR count). The molecular weight excluding hydrogens is 783 g/mol. The van der Waals surface area contributed by atoms with Crippen molar-refractivity contribution in [3.63, 3.8) is 0 Å². The van der Waals surface area contributed by atoms with Crippen molar-refractivity contribution in [1.29, 1.82) is 0 Å². The monoisotopic (exact) mass is 837 g/mol. The molecule has 0 saturated heterocycles. The summed E-state index contributed by atoms with van der Waals surface area (Å²) in [5.41, 5.74) is 13.9. The number of aliphatic imine (C=N–C) groups is 1. The summed E-state index contributed by atoms with van der Waals surface area (Å²) >= 11 is 0. The second-order valence-corrected chi connectivity index (χ2v) is 18.2. The Morgan fingerprint density at radius 2 is 1.20 bits per heavy atom. The maximum absolute atomic E-state index is 5.83. The van der Waals surface area contributed by atoms with Crippen LogP contribution in [0.3, 0.4) is 0 Å². The van der Waals surface area contributed by atoms with Crippen LogP contribution in [0.4, 0.5) is 22.7 Å². The molecule has 0 fully saturated rings. The lowest BCUT2D eigenvalue weighted by Gasteiger charge is -2.29. The van der Waals surface area contributed by atoms with Crippen molar-refractivity contribution in [3.05, 3.63) is 215 Å². The maximum atomic E-state index is 5.83. The van der Waals surface area contributed by atoms with Crippen LogP contribution in [0.15, 0.2) is 203 Å². The second kappa shape index (κ2) is 16.5. The largest absolute Gasteiger partial charge is 0.497 e. The summed E-state index contributed by atoms with van der Waals surface area (Å²) in [5, 5.41) is 5.20. The highest BCUT2D eigenvalue weighted by Crippen LogP contribution is 2.50. The first-order valence-electron chi connectivity index (χ1n) is 22.5. The molecule has 0 spiro atoms. The van der Waals surface area contributed by atoms with E-state index in [4.69, 9.17) is 14.5 Å². The van der Waals surface area contributed by atoms with Crippen LogP contribution in [0.5, 0.6) is 11.5 Å². The molecule has 64 heavy (non-hydrogen) atoms. The van der Waals surface area contributed by atoms with Gasteiger partial charge < -0.3 is 19.3 Å². The van der Waals surface area contributed by atoms with Crippen molar-refractivity contribution in [2.45, 2.75) is 57.8 Å². The first kappa shape index (κ1) is 40.9. The first-order chi connectivity index (χ1) is 31.1. The number of nitrogens with zero attached hydrogens (tertiary/aromatic N) is 3. The molecule has 7 aromatic carbocycles. The lowest BCUT2D eigenvalue weighted by Crippen LogP contribution is -2.28. The summed E-state index contributed by atoms with van der Waals surface area (Å²) in [6.07, 6.45) is 12.1. The fourth-order valence-corrected chi connectivity index (χ4v) is 10.3. The zero-order chi connectivity index (χ0) is 44.0. The van der Waals surface area contributed by atoms with Crippen LogP contribution < -0.4 is 19.3 Å². The number of fused-ring (bicyclic) bond motifs is 4. The molecule has 0 N–H and O–H groups in total. The summed E-state index contributed by atoms with van der Waals surface area (Å²) < 4.78 is 11.4. The highest BCUT2D eigenvalue weighted by molar-refractivity contribution is 6.09. The summed E-state index contributed by atoms with van der Waals surface area (Å²) in [7, 11) is 3.48. The minimum Gasteiger partial charge on any atom is -0.497 e. The molecule has 3 aliphatic rings. The van der Waals surface area contributed by atoms with Crippen LogP contribution >= 0.6 is 0 Å². The number of benzene rings is 7. The van der Waals surface area contributed by atoms with Crippen molar-refractivity contribution in [1.82, 2.24) is 0 Å². The van der Waals surface area contributed by atoms with E-state index in [1.165, 1.54) is 66.5 Å². The van der Waals surface area contributed by atoms with E-state index in [2.05, 4.69) is 207 Å². The van der Waals surface area contributed by atoms with Crippen molar-refractivity contribution in [3.8, 4) is 11.5 Å². The first-order valence-corrected chi connectivity index (χ1v) is 22.5. The highest BCUT2D eigenvalue weighted by Gasteiger charge is 2.40. The Bertz CT molecular complexity index is 2990. The normalized spacial score (nSPS) is 17.5. The zero-order valence-electron chi connectivity index (χ0n) is 37.7. The van der Waals surface area contributed by atoms with Crippen LogP contribution in [0.1, 0.15) is 57.2 Å². The van der Waals surface area contributed by atoms with Crippen LogP contribution in [0.25, 0.3) is 21.5 Å². The number of rotatable bonds is 11. The number of anilines is 3. The molecule has 0 atom stereocenters. The van der Waals surface area contributed by atoms with E-state index in [0.717, 1.165) is 60.1 Å². The van der Waals surface area contributed by atoms with Gasteiger partial charge in [0.15, 0.2) is 0 Å². The number of hydrogen-bond acceptors (Lipinski definition) is 5. The molecule has 1 aliphatic carbocycles. The predicted octanol–water partition coefficient (Wildman–Crippen LogP) is 14.7. The third-order valence-corrected chi connectivity index (χ3v) is 13.7. The molecule has 7 aromatic rings. The molecule has 5 heteroatoms. The van der Waals surface area contributed by atoms with Gasteiger partial charge in [-0.25, -0.2) is 0 Å². The Kier molecular flexibility index (Phi) is 10.6. The molecule has 2 aliphatic heterocycles. The van der Waals surface area contributed by atoms with Gasteiger partial charge in [0.05, 0.1) is 31.3 Å². The van der Waals surface area contributed by atoms with E-state index >= 15 is 0 Å². The molecule has 2 heterocycles. The molecule has 0 bridgehead atoms. The van der Waals surface area contributed by atoms with E-state index in [1.54, 1.807) is 14.2 Å². The Morgan fingerprint density at radius 3 is 1.84 bits per heavy atom. The third kappa shape index (κ3) is 7.19. The lowest BCUT2D eigenvalue weighted by atomic mass is 9.81. The molecule has 0 amide bonds. The standard InChI is InChI=1S/C59H55N3O2/c1-58(2)51-38-46(63-5)29-31-53(51)60-55(58)33-27-40-25-26-41(57(40)62(44-19-9-7-10-20-44)45-21-11-8-12-22-45)28-34-56-59(3,4)52-39-47(64-6)30-32-54(52)61(56)36-35-50-48-23-15-13-17-42(48)37-43-18-14-16-24-49(43)50/h7-24,27-34,37-39H,25-26,35-36H2,1-6H3/b33-27+,41-28+,56-34+. The van der Waals surface area contributed by atoms with Crippen LogP contribution in [0.2, 0.25) is 0 Å². The Morgan fingerprint density at radius 1 is 0.609 bits per heavy atom. The van der Waals surface area contributed by atoms with Gasteiger partial charge in [-0.3, -0.25) is 4.99 Å². The van der Waals surface area contributed by atoms with Crippen LogP contribution in [0, 0.1) is 0 Å². The van der Waals surface area contributed by atoms with Gasteiger partial charge in [-0.2, -0.15) is 0 Å². The van der Waals surface area contributed by atoms with Crippen molar-refractivity contribution >= 4 is 50.0 Å². The van der Waals surface area contributed by atoms with Gasteiger partial charge in [0, 0.05) is 40.1 Å². The van der Waals surface area contributed by atoms with E-state index in [9.17, 15) is 0 Å². The average molecular weight is 838 g/mol. The van der Waals surface area contributed by atoms with E-state index < -0.39 is 0 Å². The van der Waals surface area contributed by atoms with Gasteiger partial charge in [-0.05, 0) is 148 Å². The Balaban J connectivity index is 1.10. The van der Waals surface area contributed by atoms with Crippen molar-refractivity contribution in [2.75, 3.05) is 30.6 Å². The summed E-state index contributed by atoms with van der Waals surface area (Å²) in [5.74, 6) is 1.73. The summed E-state index contributed by atoms with van der Waals surface area (Å²) in [6.45, 7) is 10.1. The van der Waals surface area contributed by atoms with Gasteiger partial charge in [0.25, 0.3) is 0 Å². The zero-order valence-corrected chi connectivity index (χ0v) is 37.7. The lowest BCUT2D eigenvalue weighted by molar-refractivity contribution is 0.413. The molecule has 0 unspecified atom stereocenters. The molecular formula is C59H55N3O2. The smallest absolute Gasteiger partial charge is 0.119 e. The molecule has 0 radical (unpaired) electrons. The number of methoxy groups -OCH3 is 2. The van der Waals surface area contributed by atoms with E-state index in [0.29, 0.717) is 0 Å². The average Bonchev–Trinajstić information content (AvgIpc) is 3.91.